The molecule has 142 valence electrons. The molecule has 0 bridgehead atoms. The molecule has 5 nitrogen and oxygen atoms in total. The minimum absolute atomic E-state index is 0. The first kappa shape index (κ1) is 22.4. The van der Waals surface area contributed by atoms with Crippen LogP contribution in [0.15, 0.2) is 29.3 Å². The average molecular weight is 478 g/mol. The van der Waals surface area contributed by atoms with Crippen molar-refractivity contribution in [1.29, 1.82) is 0 Å². The van der Waals surface area contributed by atoms with Crippen molar-refractivity contribution in [2.24, 2.45) is 4.99 Å². The lowest BCUT2D eigenvalue weighted by molar-refractivity contribution is 0.211. The highest BCUT2D eigenvalue weighted by Crippen LogP contribution is 2.36. The molecule has 1 unspecified atom stereocenters. The van der Waals surface area contributed by atoms with Crippen molar-refractivity contribution < 1.29 is 4.74 Å². The van der Waals surface area contributed by atoms with Crippen LogP contribution in [0.4, 0.5) is 5.69 Å². The summed E-state index contributed by atoms with van der Waals surface area (Å²) in [4.78, 5) is 4.32. The van der Waals surface area contributed by atoms with Gasteiger partial charge in [-0.05, 0) is 43.2 Å². The Kier molecular flexibility index (Phi) is 10.6. The molecule has 0 spiro atoms. The summed E-state index contributed by atoms with van der Waals surface area (Å²) >= 11 is 2.06. The van der Waals surface area contributed by atoms with Gasteiger partial charge >= 0.3 is 0 Å². The number of hydrogen-bond donors (Lipinski definition) is 3. The van der Waals surface area contributed by atoms with E-state index in [1.54, 1.807) is 7.11 Å². The van der Waals surface area contributed by atoms with Crippen LogP contribution in [0.3, 0.4) is 0 Å². The molecule has 1 fully saturated rings. The Bertz CT molecular complexity index is 518. The van der Waals surface area contributed by atoms with Gasteiger partial charge in [0.05, 0.1) is 6.61 Å². The highest BCUT2D eigenvalue weighted by Gasteiger charge is 2.29. The van der Waals surface area contributed by atoms with E-state index >= 15 is 0 Å². The predicted molar refractivity (Wildman–Crippen MR) is 121 cm³/mol. The Morgan fingerprint density at radius 1 is 1.28 bits per heavy atom. The molecule has 1 aliphatic heterocycles. The smallest absolute Gasteiger partial charge is 0.191 e. The number of aliphatic imine (C=N–C) groups is 1. The molecule has 1 atom stereocenters. The first-order valence-electron chi connectivity index (χ1n) is 8.55. The lowest BCUT2D eigenvalue weighted by Gasteiger charge is -2.24. The summed E-state index contributed by atoms with van der Waals surface area (Å²) < 4.78 is 5.38. The third-order valence-electron chi connectivity index (χ3n) is 4.20. The van der Waals surface area contributed by atoms with Gasteiger partial charge in [0.15, 0.2) is 5.96 Å². The van der Waals surface area contributed by atoms with Gasteiger partial charge in [-0.2, -0.15) is 11.8 Å². The van der Waals surface area contributed by atoms with Crippen molar-refractivity contribution in [3.63, 3.8) is 0 Å². The second kappa shape index (κ2) is 11.9. The Morgan fingerprint density at radius 3 is 2.64 bits per heavy atom. The van der Waals surface area contributed by atoms with E-state index in [0.717, 1.165) is 31.3 Å². The summed E-state index contributed by atoms with van der Waals surface area (Å²) in [5.74, 6) is 2.14. The molecule has 0 amide bonds. The van der Waals surface area contributed by atoms with E-state index in [-0.39, 0.29) is 24.0 Å². The highest BCUT2D eigenvalue weighted by molar-refractivity contribution is 14.0. The minimum atomic E-state index is 0. The molecule has 1 aliphatic rings. The van der Waals surface area contributed by atoms with E-state index in [4.69, 9.17) is 4.74 Å². The summed E-state index contributed by atoms with van der Waals surface area (Å²) in [5.41, 5.74) is 2.35. The molecule has 1 saturated heterocycles. The first-order valence-corrected chi connectivity index (χ1v) is 9.54. The van der Waals surface area contributed by atoms with Crippen LogP contribution in [0.25, 0.3) is 0 Å². The van der Waals surface area contributed by atoms with E-state index in [1.165, 1.54) is 24.2 Å². The summed E-state index contributed by atoms with van der Waals surface area (Å²) in [5, 5.41) is 10.2. The molecular weight excluding hydrogens is 447 g/mol. The van der Waals surface area contributed by atoms with E-state index in [0.29, 0.717) is 11.4 Å². The molecule has 7 heteroatoms. The minimum Gasteiger partial charge on any atom is -0.383 e. The predicted octanol–water partition coefficient (Wildman–Crippen LogP) is 3.31. The number of ether oxygens (including phenoxy) is 1. The number of anilines is 1. The fourth-order valence-electron chi connectivity index (χ4n) is 2.69. The van der Waals surface area contributed by atoms with Gasteiger partial charge in [-0.15, -0.1) is 24.0 Å². The van der Waals surface area contributed by atoms with E-state index in [2.05, 4.69) is 63.9 Å². The zero-order valence-electron chi connectivity index (χ0n) is 15.4. The van der Waals surface area contributed by atoms with E-state index < -0.39 is 0 Å². The fraction of sp³-hybridized carbons (Fsp3) is 0.611. The maximum Gasteiger partial charge on any atom is 0.191 e. The van der Waals surface area contributed by atoms with Crippen LogP contribution >= 0.6 is 35.7 Å². The van der Waals surface area contributed by atoms with Gasteiger partial charge in [0.25, 0.3) is 0 Å². The van der Waals surface area contributed by atoms with Crippen LogP contribution in [0, 0.1) is 0 Å². The van der Waals surface area contributed by atoms with Gasteiger partial charge in [0.1, 0.15) is 0 Å². The molecular formula is C18H31IN4OS. The Balaban J connectivity index is 0.00000312. The zero-order valence-corrected chi connectivity index (χ0v) is 18.6. The topological polar surface area (TPSA) is 57.7 Å². The second-order valence-electron chi connectivity index (χ2n) is 6.30. The molecule has 25 heavy (non-hydrogen) atoms. The van der Waals surface area contributed by atoms with Crippen molar-refractivity contribution in [1.82, 2.24) is 10.6 Å². The summed E-state index contributed by atoms with van der Waals surface area (Å²) in [6.45, 7) is 5.59. The van der Waals surface area contributed by atoms with Crippen molar-refractivity contribution in [2.75, 3.05) is 44.9 Å². The van der Waals surface area contributed by atoms with Gasteiger partial charge in [0.2, 0.25) is 0 Å². The van der Waals surface area contributed by atoms with E-state index in [1.807, 2.05) is 7.05 Å². The van der Waals surface area contributed by atoms with Gasteiger partial charge < -0.3 is 20.7 Å². The lowest BCUT2D eigenvalue weighted by atomic mass is 10.1. The molecule has 1 aromatic carbocycles. The molecule has 1 aromatic rings. The maximum atomic E-state index is 5.04. The molecule has 2 rings (SSSR count). The van der Waals surface area contributed by atoms with Crippen molar-refractivity contribution in [2.45, 2.75) is 31.1 Å². The lowest BCUT2D eigenvalue weighted by Crippen LogP contribution is -2.43. The van der Waals surface area contributed by atoms with Crippen molar-refractivity contribution >= 4 is 47.4 Å². The fourth-order valence-corrected chi connectivity index (χ4v) is 3.94. The summed E-state index contributed by atoms with van der Waals surface area (Å²) in [6.07, 6.45) is 2.60. The number of halogens is 1. The largest absolute Gasteiger partial charge is 0.383 e. The van der Waals surface area contributed by atoms with Crippen LogP contribution in [0.1, 0.15) is 25.3 Å². The zero-order chi connectivity index (χ0) is 17.3. The Hall–Kier alpha value is -0.670. The van der Waals surface area contributed by atoms with Crippen LogP contribution < -0.4 is 16.0 Å². The Morgan fingerprint density at radius 2 is 2.04 bits per heavy atom. The number of guanidine groups is 1. The second-order valence-corrected chi connectivity index (χ2v) is 7.98. The number of benzene rings is 1. The molecule has 0 radical (unpaired) electrons. The Labute approximate surface area is 173 Å². The molecule has 3 N–H and O–H groups in total. The van der Waals surface area contributed by atoms with Gasteiger partial charge in [-0.3, -0.25) is 4.99 Å². The van der Waals surface area contributed by atoms with E-state index in [9.17, 15) is 0 Å². The standard InChI is InChI=1S/C18H30N4OS.HI/c1-18(9-4-12-24-18)14-22-17(19-2)21-13-15-5-7-16(8-6-15)20-10-11-23-3;/h5-8,20H,4,9-14H2,1-3H3,(H2,19,21,22);1H. The van der Waals surface area contributed by atoms with Gasteiger partial charge in [0, 0.05) is 44.2 Å². The average Bonchev–Trinajstić information content (AvgIpc) is 3.03. The summed E-state index contributed by atoms with van der Waals surface area (Å²) in [7, 11) is 3.53. The number of methoxy groups -OCH3 is 1. The van der Waals surface area contributed by atoms with Crippen LogP contribution in [-0.4, -0.2) is 50.3 Å². The van der Waals surface area contributed by atoms with Crippen molar-refractivity contribution in [3.8, 4) is 0 Å². The number of nitrogens with one attached hydrogen (secondary N) is 3. The third-order valence-corrected chi connectivity index (χ3v) is 5.74. The van der Waals surface area contributed by atoms with Gasteiger partial charge in [-0.1, -0.05) is 12.1 Å². The maximum absolute atomic E-state index is 5.04. The van der Waals surface area contributed by atoms with Crippen LogP contribution in [0.5, 0.6) is 0 Å². The molecule has 0 aromatic heterocycles. The number of thioether (sulfide) groups is 1. The summed E-state index contributed by atoms with van der Waals surface area (Å²) in [6, 6.07) is 8.45. The van der Waals surface area contributed by atoms with Crippen molar-refractivity contribution in [3.05, 3.63) is 29.8 Å². The molecule has 0 aliphatic carbocycles. The number of nitrogens with zero attached hydrogens (tertiary/aromatic N) is 1. The third kappa shape index (κ3) is 8.04. The number of hydrogen-bond acceptors (Lipinski definition) is 4. The number of rotatable bonds is 8. The highest BCUT2D eigenvalue weighted by atomic mass is 127. The van der Waals surface area contributed by atoms with Gasteiger partial charge in [-0.25, -0.2) is 0 Å². The molecule has 0 saturated carbocycles. The normalized spacial score (nSPS) is 20.0. The van der Waals surface area contributed by atoms with Crippen LogP contribution in [-0.2, 0) is 11.3 Å². The first-order chi connectivity index (χ1) is 11.6. The molecule has 1 heterocycles. The quantitative estimate of drug-likeness (QED) is 0.232. The SMILES string of the molecule is CN=C(NCc1ccc(NCCOC)cc1)NCC1(C)CCCS1.I. The van der Waals surface area contributed by atoms with Crippen LogP contribution in [0.2, 0.25) is 0 Å². The monoisotopic (exact) mass is 478 g/mol.